The van der Waals surface area contributed by atoms with Crippen LogP contribution < -0.4 is 0 Å². The summed E-state index contributed by atoms with van der Waals surface area (Å²) in [7, 11) is -3.29. The zero-order valence-electron chi connectivity index (χ0n) is 12.4. The summed E-state index contributed by atoms with van der Waals surface area (Å²) < 4.78 is 28.6. The van der Waals surface area contributed by atoms with Crippen molar-refractivity contribution in [1.29, 1.82) is 0 Å². The molecule has 2 aliphatic heterocycles. The molecule has 0 spiro atoms. The Labute approximate surface area is 126 Å². The van der Waals surface area contributed by atoms with E-state index in [4.69, 9.17) is 0 Å². The Kier molecular flexibility index (Phi) is 4.24. The molecular weight excluding hydrogens is 288 g/mol. The van der Waals surface area contributed by atoms with Gasteiger partial charge < -0.3 is 0 Å². The van der Waals surface area contributed by atoms with E-state index in [9.17, 15) is 8.42 Å². The second kappa shape index (κ2) is 5.98. The van der Waals surface area contributed by atoms with E-state index in [2.05, 4.69) is 9.97 Å². The van der Waals surface area contributed by atoms with Crippen molar-refractivity contribution < 1.29 is 8.42 Å². The Morgan fingerprint density at radius 1 is 1.10 bits per heavy atom. The van der Waals surface area contributed by atoms with E-state index in [-0.39, 0.29) is 5.92 Å². The lowest BCUT2D eigenvalue weighted by atomic mass is 9.96. The third-order valence-electron chi connectivity index (χ3n) is 4.29. The Morgan fingerprint density at radius 2 is 1.81 bits per heavy atom. The second-order valence-corrected chi connectivity index (χ2v) is 7.82. The van der Waals surface area contributed by atoms with Crippen LogP contribution in [0.15, 0.2) is 12.4 Å². The summed E-state index contributed by atoms with van der Waals surface area (Å²) >= 11 is 0. The maximum absolute atomic E-state index is 12.6. The highest BCUT2D eigenvalue weighted by Gasteiger charge is 2.35. The molecule has 0 bridgehead atoms. The zero-order chi connectivity index (χ0) is 14.9. The van der Waals surface area contributed by atoms with Gasteiger partial charge in [-0.1, -0.05) is 0 Å². The van der Waals surface area contributed by atoms with Crippen molar-refractivity contribution in [2.45, 2.75) is 38.5 Å². The van der Waals surface area contributed by atoms with Gasteiger partial charge in [-0.3, -0.25) is 9.97 Å². The van der Waals surface area contributed by atoms with E-state index in [1.165, 1.54) is 0 Å². The van der Waals surface area contributed by atoms with Crippen molar-refractivity contribution in [2.24, 2.45) is 0 Å². The Hall–Kier alpha value is -1.05. The van der Waals surface area contributed by atoms with Crippen LogP contribution in [-0.4, -0.2) is 53.2 Å². The minimum atomic E-state index is -3.29. The maximum atomic E-state index is 12.6. The molecule has 7 heteroatoms. The average Bonchev–Trinajstić information content (AvgIpc) is 3.02. The van der Waals surface area contributed by atoms with Gasteiger partial charge >= 0.3 is 0 Å². The zero-order valence-corrected chi connectivity index (χ0v) is 13.2. The van der Waals surface area contributed by atoms with Gasteiger partial charge in [0.1, 0.15) is 0 Å². The molecule has 2 aliphatic rings. The number of piperidine rings is 1. The fourth-order valence-electron chi connectivity index (χ4n) is 3.16. The van der Waals surface area contributed by atoms with Crippen molar-refractivity contribution in [3.8, 4) is 0 Å². The van der Waals surface area contributed by atoms with Crippen LogP contribution in [0.3, 0.4) is 0 Å². The first-order valence-electron chi connectivity index (χ1n) is 7.61. The van der Waals surface area contributed by atoms with Crippen LogP contribution in [0.5, 0.6) is 0 Å². The van der Waals surface area contributed by atoms with Crippen LogP contribution in [0.25, 0.3) is 0 Å². The van der Waals surface area contributed by atoms with Gasteiger partial charge in [0.05, 0.1) is 11.4 Å². The molecule has 21 heavy (non-hydrogen) atoms. The normalized spacial score (nSPS) is 25.3. The predicted molar refractivity (Wildman–Crippen MR) is 80.0 cm³/mol. The van der Waals surface area contributed by atoms with E-state index in [0.29, 0.717) is 26.2 Å². The highest BCUT2D eigenvalue weighted by molar-refractivity contribution is 7.86. The van der Waals surface area contributed by atoms with Gasteiger partial charge in [-0.25, -0.2) is 0 Å². The summed E-state index contributed by atoms with van der Waals surface area (Å²) in [5.41, 5.74) is 1.79. The number of hydrogen-bond acceptors (Lipinski definition) is 4. The predicted octanol–water partition coefficient (Wildman–Crippen LogP) is 1.31. The summed E-state index contributed by atoms with van der Waals surface area (Å²) in [6, 6.07) is 0. The van der Waals surface area contributed by atoms with E-state index < -0.39 is 10.2 Å². The molecule has 2 fully saturated rings. The lowest BCUT2D eigenvalue weighted by molar-refractivity contribution is 0.289. The average molecular weight is 310 g/mol. The lowest BCUT2D eigenvalue weighted by Crippen LogP contribution is -2.46. The number of hydrogen-bond donors (Lipinski definition) is 0. The maximum Gasteiger partial charge on any atom is 0.281 e. The summed E-state index contributed by atoms with van der Waals surface area (Å²) in [6.45, 7) is 4.38. The van der Waals surface area contributed by atoms with Crippen molar-refractivity contribution >= 4 is 10.2 Å². The number of aryl methyl sites for hydroxylation is 1. The third kappa shape index (κ3) is 3.09. The van der Waals surface area contributed by atoms with Crippen LogP contribution in [0.1, 0.15) is 43.0 Å². The first-order chi connectivity index (χ1) is 10.1. The van der Waals surface area contributed by atoms with Crippen molar-refractivity contribution in [2.75, 3.05) is 26.2 Å². The topological polar surface area (TPSA) is 66.4 Å². The molecule has 0 aromatic carbocycles. The minimum absolute atomic E-state index is 0.156. The SMILES string of the molecule is Cc1cncc([C@@H]2CCCN(S(=O)(=O)N3CCCC3)C2)n1. The molecule has 0 unspecified atom stereocenters. The summed E-state index contributed by atoms with van der Waals surface area (Å²) in [5, 5.41) is 0. The Balaban J connectivity index is 1.76. The molecule has 0 N–H and O–H groups in total. The van der Waals surface area contributed by atoms with E-state index in [1.807, 2.05) is 6.92 Å². The summed E-state index contributed by atoms with van der Waals surface area (Å²) in [5.74, 6) is 0.156. The molecule has 1 aromatic rings. The standard InChI is InChI=1S/C14H22N4O2S/c1-12-9-15-10-14(16-12)13-5-4-8-18(11-13)21(19,20)17-6-2-3-7-17/h9-10,13H,2-8,11H2,1H3/t13-/m1/s1. The molecule has 1 aromatic heterocycles. The van der Waals surface area contributed by atoms with Crippen LogP contribution in [-0.2, 0) is 10.2 Å². The lowest BCUT2D eigenvalue weighted by Gasteiger charge is -2.34. The molecule has 0 saturated carbocycles. The van der Waals surface area contributed by atoms with Gasteiger partial charge in [-0.05, 0) is 32.6 Å². The first kappa shape index (κ1) is 14.9. The monoisotopic (exact) mass is 310 g/mol. The molecule has 116 valence electrons. The molecule has 3 rings (SSSR count). The number of rotatable bonds is 3. The number of nitrogens with zero attached hydrogens (tertiary/aromatic N) is 4. The van der Waals surface area contributed by atoms with Crippen LogP contribution in [0.4, 0.5) is 0 Å². The fourth-order valence-corrected chi connectivity index (χ4v) is 4.93. The van der Waals surface area contributed by atoms with Crippen molar-refractivity contribution in [3.05, 3.63) is 23.8 Å². The number of aromatic nitrogens is 2. The molecule has 6 nitrogen and oxygen atoms in total. The third-order valence-corrected chi connectivity index (χ3v) is 6.30. The highest BCUT2D eigenvalue weighted by atomic mass is 32.2. The molecule has 2 saturated heterocycles. The first-order valence-corrected chi connectivity index (χ1v) is 9.01. The van der Waals surface area contributed by atoms with Gasteiger partial charge in [0.2, 0.25) is 0 Å². The minimum Gasteiger partial charge on any atom is -0.261 e. The van der Waals surface area contributed by atoms with E-state index in [1.54, 1.807) is 21.0 Å². The smallest absolute Gasteiger partial charge is 0.261 e. The fraction of sp³-hybridized carbons (Fsp3) is 0.714. The molecule has 0 radical (unpaired) electrons. The van der Waals surface area contributed by atoms with Crippen LogP contribution >= 0.6 is 0 Å². The largest absolute Gasteiger partial charge is 0.281 e. The molecular formula is C14H22N4O2S. The Morgan fingerprint density at radius 3 is 2.52 bits per heavy atom. The van der Waals surface area contributed by atoms with E-state index in [0.717, 1.165) is 37.1 Å². The Bertz CT molecular complexity index is 599. The van der Waals surface area contributed by atoms with Crippen LogP contribution in [0.2, 0.25) is 0 Å². The van der Waals surface area contributed by atoms with Gasteiger partial charge in [-0.2, -0.15) is 17.0 Å². The van der Waals surface area contributed by atoms with Gasteiger partial charge in [0, 0.05) is 44.5 Å². The summed E-state index contributed by atoms with van der Waals surface area (Å²) in [6.07, 6.45) is 7.30. The van der Waals surface area contributed by atoms with Crippen molar-refractivity contribution in [3.63, 3.8) is 0 Å². The quantitative estimate of drug-likeness (QED) is 0.844. The second-order valence-electron chi connectivity index (χ2n) is 5.90. The van der Waals surface area contributed by atoms with Crippen LogP contribution in [0, 0.1) is 6.92 Å². The molecule has 3 heterocycles. The summed E-state index contributed by atoms with van der Waals surface area (Å²) in [4.78, 5) is 8.70. The van der Waals surface area contributed by atoms with E-state index >= 15 is 0 Å². The van der Waals surface area contributed by atoms with Gasteiger partial charge in [-0.15, -0.1) is 0 Å². The van der Waals surface area contributed by atoms with Crippen molar-refractivity contribution in [1.82, 2.24) is 18.6 Å². The molecule has 0 aliphatic carbocycles. The van der Waals surface area contributed by atoms with Gasteiger partial charge in [0.25, 0.3) is 10.2 Å². The molecule has 1 atom stereocenters. The highest BCUT2D eigenvalue weighted by Crippen LogP contribution is 2.28. The van der Waals surface area contributed by atoms with Gasteiger partial charge in [0.15, 0.2) is 0 Å². The molecule has 0 amide bonds.